The molecule has 45 heavy (non-hydrogen) atoms. The summed E-state index contributed by atoms with van der Waals surface area (Å²) in [6.07, 6.45) is 5.54. The van der Waals surface area contributed by atoms with Gasteiger partial charge >= 0.3 is 7.12 Å². The molecule has 2 saturated heterocycles. The molecule has 0 unspecified atom stereocenters. The van der Waals surface area contributed by atoms with Gasteiger partial charge in [0.2, 0.25) is 11.8 Å². The van der Waals surface area contributed by atoms with Gasteiger partial charge in [0.05, 0.1) is 28.6 Å². The average molecular weight is 625 g/mol. The lowest BCUT2D eigenvalue weighted by molar-refractivity contribution is -0.122. The summed E-state index contributed by atoms with van der Waals surface area (Å²) in [6.45, 7) is 4.14. The first-order valence-electron chi connectivity index (χ1n) is 15.7. The minimum atomic E-state index is -1.01. The average Bonchev–Trinajstić information content (AvgIpc) is 3.27. The number of halogens is 1. The molecule has 2 aliphatic heterocycles. The van der Waals surface area contributed by atoms with Crippen molar-refractivity contribution in [3.63, 3.8) is 0 Å². The van der Waals surface area contributed by atoms with Crippen LogP contribution in [0.1, 0.15) is 51.5 Å². The summed E-state index contributed by atoms with van der Waals surface area (Å²) in [7, 11) is -1.01. The summed E-state index contributed by atoms with van der Waals surface area (Å²) in [5.74, 6) is -1.47. The number of carbonyl (C=O) groups excluding carboxylic acids is 2. The molecule has 0 bridgehead atoms. The van der Waals surface area contributed by atoms with Crippen molar-refractivity contribution >= 4 is 53.7 Å². The van der Waals surface area contributed by atoms with Gasteiger partial charge in [-0.3, -0.25) is 14.5 Å². The van der Waals surface area contributed by atoms with Crippen molar-refractivity contribution in [2.75, 3.05) is 10.2 Å². The fourth-order valence-corrected chi connectivity index (χ4v) is 7.50. The zero-order chi connectivity index (χ0) is 31.7. The van der Waals surface area contributed by atoms with Gasteiger partial charge in [0, 0.05) is 11.4 Å². The van der Waals surface area contributed by atoms with Crippen molar-refractivity contribution in [1.82, 2.24) is 0 Å². The molecule has 2 amide bonds. The van der Waals surface area contributed by atoms with Crippen LogP contribution in [0.3, 0.4) is 0 Å². The van der Waals surface area contributed by atoms with E-state index in [1.807, 2.05) is 67.6 Å². The smallest absolute Gasteiger partial charge is 0.455 e. The number of nitrogens with zero attached hydrogens (tertiary/aromatic N) is 1. The number of nitrogens with one attached hydrogen (secondary N) is 1. The van der Waals surface area contributed by atoms with E-state index in [4.69, 9.17) is 16.3 Å². The molecule has 4 atom stereocenters. The zero-order valence-electron chi connectivity index (χ0n) is 25.6. The molecule has 3 aromatic rings. The molecule has 2 heterocycles. The normalized spacial score (nSPS) is 23.3. The van der Waals surface area contributed by atoms with Gasteiger partial charge in [-0.25, -0.2) is 0 Å². The summed E-state index contributed by atoms with van der Waals surface area (Å²) in [5.41, 5.74) is 6.57. The summed E-state index contributed by atoms with van der Waals surface area (Å²) in [5, 5.41) is 24.4. The maximum Gasteiger partial charge on any atom is 0.455 e. The number of benzene rings is 3. The number of hydrogen-bond acceptors (Lipinski definition) is 6. The van der Waals surface area contributed by atoms with Gasteiger partial charge in [-0.05, 0) is 111 Å². The van der Waals surface area contributed by atoms with Gasteiger partial charge in [0.15, 0.2) is 0 Å². The predicted molar refractivity (Wildman–Crippen MR) is 179 cm³/mol. The summed E-state index contributed by atoms with van der Waals surface area (Å²) in [4.78, 5) is 29.3. The first kappa shape index (κ1) is 31.2. The number of fused-ring (bicyclic) bond motifs is 3. The predicted octanol–water partition coefficient (Wildman–Crippen LogP) is 7.77. The van der Waals surface area contributed by atoms with Crippen molar-refractivity contribution in [1.29, 1.82) is 0 Å². The number of allylic oxidation sites excluding steroid dienone is 2. The fourth-order valence-electron chi connectivity index (χ4n) is 7.27. The molecule has 0 spiro atoms. The van der Waals surface area contributed by atoms with Crippen LogP contribution in [0.15, 0.2) is 89.5 Å². The van der Waals surface area contributed by atoms with Crippen LogP contribution < -0.4 is 10.2 Å². The van der Waals surface area contributed by atoms with Crippen LogP contribution in [0.4, 0.5) is 17.1 Å². The van der Waals surface area contributed by atoms with Gasteiger partial charge in [0.25, 0.3) is 0 Å². The largest absolute Gasteiger partial charge is 0.508 e. The van der Waals surface area contributed by atoms with Crippen molar-refractivity contribution < 1.29 is 24.4 Å². The third-order valence-corrected chi connectivity index (χ3v) is 9.56. The number of amides is 2. The van der Waals surface area contributed by atoms with E-state index >= 15 is 0 Å². The van der Waals surface area contributed by atoms with E-state index in [0.717, 1.165) is 40.9 Å². The minimum absolute atomic E-state index is 0.118. The molecule has 3 N–H and O–H groups in total. The van der Waals surface area contributed by atoms with Crippen molar-refractivity contribution in [3.8, 4) is 5.75 Å². The van der Waals surface area contributed by atoms with Gasteiger partial charge in [-0.2, -0.15) is 0 Å². The van der Waals surface area contributed by atoms with E-state index in [-0.39, 0.29) is 29.6 Å². The Hall–Kier alpha value is -3.85. The van der Waals surface area contributed by atoms with E-state index in [2.05, 4.69) is 12.2 Å². The maximum absolute atomic E-state index is 14.1. The molecule has 6 rings (SSSR count). The Morgan fingerprint density at radius 1 is 1.04 bits per heavy atom. The molecule has 3 aromatic carbocycles. The van der Waals surface area contributed by atoms with Gasteiger partial charge in [0.1, 0.15) is 5.75 Å². The Morgan fingerprint density at radius 2 is 1.78 bits per heavy atom. The second-order valence-electron chi connectivity index (χ2n) is 12.4. The van der Waals surface area contributed by atoms with E-state index in [1.165, 1.54) is 16.5 Å². The van der Waals surface area contributed by atoms with Crippen LogP contribution >= 0.6 is 11.6 Å². The van der Waals surface area contributed by atoms with E-state index in [1.54, 1.807) is 12.1 Å². The monoisotopic (exact) mass is 624 g/mol. The number of aromatic hydroxyl groups is 1. The molecule has 9 heteroatoms. The Balaban J connectivity index is 1.23. The molecule has 0 saturated carbocycles. The standard InChI is InChI=1S/C36H38BClN2O5/c1-3-7-24-19-29-34(36(43)40(35(29)42)27-14-12-26(13-15-27)39-25-8-5-4-6-9-25)30-21-37(44)45-32(33(24)30)17-10-22(2)18-23-11-16-28(41)20-31(23)38/h4-6,8-9,11-16,18,20,29-30,32,34,39,41,44H,3,7,10,17,19,21H2,1-2H3/b22-18+/t29-,30+,32-,34-/m1/s1. The van der Waals surface area contributed by atoms with Crippen LogP contribution in [-0.4, -0.2) is 35.2 Å². The van der Waals surface area contributed by atoms with Crippen molar-refractivity contribution in [2.45, 2.75) is 58.4 Å². The number of anilines is 3. The highest BCUT2D eigenvalue weighted by atomic mass is 35.5. The number of para-hydroxylation sites is 1. The third-order valence-electron chi connectivity index (χ3n) is 9.23. The van der Waals surface area contributed by atoms with Crippen LogP contribution in [-0.2, 0) is 14.2 Å². The molecule has 2 fully saturated rings. The third kappa shape index (κ3) is 6.46. The molecule has 0 aromatic heterocycles. The molecular weight excluding hydrogens is 587 g/mol. The van der Waals surface area contributed by atoms with Crippen LogP contribution in [0, 0.1) is 17.8 Å². The molecule has 7 nitrogen and oxygen atoms in total. The number of rotatable bonds is 9. The first-order chi connectivity index (χ1) is 21.7. The summed E-state index contributed by atoms with van der Waals surface area (Å²) in [6, 6.07) is 22.1. The zero-order valence-corrected chi connectivity index (χ0v) is 26.3. The summed E-state index contributed by atoms with van der Waals surface area (Å²) >= 11 is 6.32. The highest BCUT2D eigenvalue weighted by Gasteiger charge is 2.57. The molecule has 1 aliphatic carbocycles. The van der Waals surface area contributed by atoms with Crippen molar-refractivity contribution in [3.05, 3.63) is 100 Å². The number of hydrogen-bond donors (Lipinski definition) is 3. The van der Waals surface area contributed by atoms with E-state index in [0.29, 0.717) is 36.3 Å². The lowest BCUT2D eigenvalue weighted by Crippen LogP contribution is -2.46. The number of imide groups is 1. The lowest BCUT2D eigenvalue weighted by atomic mass is 9.58. The first-order valence-corrected chi connectivity index (χ1v) is 16.1. The maximum atomic E-state index is 14.1. The quantitative estimate of drug-likeness (QED) is 0.128. The SMILES string of the molecule is CCCC1=C2[C@@H](CC/C(C)=C/c3ccc(O)cc3Cl)OB(O)C[C@@H]2[C@@H]2C(=O)N(c3ccc(Nc4ccccc4)cc3)C(=O)[C@@H]2C1. The number of phenolic OH excluding ortho intramolecular Hbond substituents is 1. The molecule has 0 radical (unpaired) electrons. The Kier molecular flexibility index (Phi) is 9.17. The Bertz CT molecular complexity index is 1640. The minimum Gasteiger partial charge on any atom is -0.508 e. The lowest BCUT2D eigenvalue weighted by Gasteiger charge is -2.43. The van der Waals surface area contributed by atoms with Gasteiger partial charge in [-0.15, -0.1) is 0 Å². The van der Waals surface area contributed by atoms with E-state index < -0.39 is 19.0 Å². The fraction of sp³-hybridized carbons (Fsp3) is 0.333. The second kappa shape index (κ2) is 13.3. The molecule has 3 aliphatic rings. The van der Waals surface area contributed by atoms with Crippen LogP contribution in [0.25, 0.3) is 6.08 Å². The van der Waals surface area contributed by atoms with Crippen LogP contribution in [0.2, 0.25) is 11.3 Å². The molecular formula is C36H38BClN2O5. The highest BCUT2D eigenvalue weighted by molar-refractivity contribution is 6.43. The Labute approximate surface area is 269 Å². The summed E-state index contributed by atoms with van der Waals surface area (Å²) < 4.78 is 6.15. The van der Waals surface area contributed by atoms with Gasteiger partial charge in [-0.1, -0.05) is 60.4 Å². The second-order valence-corrected chi connectivity index (χ2v) is 12.8. The number of phenols is 1. The number of carbonyl (C=O) groups is 2. The highest BCUT2D eigenvalue weighted by Crippen LogP contribution is 2.52. The van der Waals surface area contributed by atoms with Gasteiger partial charge < -0.3 is 20.1 Å². The van der Waals surface area contributed by atoms with Crippen molar-refractivity contribution in [2.24, 2.45) is 17.8 Å². The topological polar surface area (TPSA) is 99.1 Å². The van der Waals surface area contributed by atoms with E-state index in [9.17, 15) is 19.7 Å². The molecule has 232 valence electrons. The van der Waals surface area contributed by atoms with Crippen LogP contribution in [0.5, 0.6) is 5.75 Å². The Morgan fingerprint density at radius 3 is 2.49 bits per heavy atom.